The summed E-state index contributed by atoms with van der Waals surface area (Å²) in [5, 5.41) is 1.25. The fourth-order valence-electron chi connectivity index (χ4n) is 3.59. The monoisotopic (exact) mass is 269 g/mol. The van der Waals surface area contributed by atoms with Crippen LogP contribution >= 0.6 is 0 Å². The van der Waals surface area contributed by atoms with Gasteiger partial charge >= 0.3 is 0 Å². The van der Waals surface area contributed by atoms with Crippen molar-refractivity contribution in [3.63, 3.8) is 0 Å². The van der Waals surface area contributed by atoms with Crippen molar-refractivity contribution in [1.29, 1.82) is 0 Å². The minimum Gasteiger partial charge on any atom is -0.271 e. The fraction of sp³-hybridized carbons (Fsp3) is 0.471. The highest BCUT2D eigenvalue weighted by molar-refractivity contribution is 5.81. The summed E-state index contributed by atoms with van der Waals surface area (Å²) in [7, 11) is 0. The Kier molecular flexibility index (Phi) is 3.72. The van der Waals surface area contributed by atoms with Crippen LogP contribution in [0.5, 0.6) is 0 Å². The second-order valence-corrected chi connectivity index (χ2v) is 6.27. The summed E-state index contributed by atoms with van der Waals surface area (Å²) in [4.78, 5) is 4.44. The summed E-state index contributed by atoms with van der Waals surface area (Å²) in [6, 6.07) is 10.8. The number of hydrogen-bond donors (Lipinski definition) is 2. The van der Waals surface area contributed by atoms with Crippen molar-refractivity contribution in [2.75, 3.05) is 0 Å². The first-order valence-corrected chi connectivity index (χ1v) is 7.52. The summed E-state index contributed by atoms with van der Waals surface area (Å²) in [6.45, 7) is 2.37. The Morgan fingerprint density at radius 1 is 1.25 bits per heavy atom. The lowest BCUT2D eigenvalue weighted by Crippen LogP contribution is -2.47. The van der Waals surface area contributed by atoms with Gasteiger partial charge in [0.2, 0.25) is 0 Å². The van der Waals surface area contributed by atoms with Gasteiger partial charge in [-0.05, 0) is 42.4 Å². The van der Waals surface area contributed by atoms with Crippen LogP contribution in [0.1, 0.15) is 38.2 Å². The molecule has 0 aliphatic heterocycles. The number of pyridine rings is 1. The zero-order valence-electron chi connectivity index (χ0n) is 12.1. The van der Waals surface area contributed by atoms with E-state index >= 15 is 0 Å². The lowest BCUT2D eigenvalue weighted by atomic mass is 9.78. The predicted octanol–water partition coefficient (Wildman–Crippen LogP) is 3.19. The van der Waals surface area contributed by atoms with Crippen LogP contribution < -0.4 is 11.3 Å². The molecular formula is C17H23N3. The quantitative estimate of drug-likeness (QED) is 0.662. The van der Waals surface area contributed by atoms with E-state index in [1.54, 1.807) is 0 Å². The highest BCUT2D eigenvalue weighted by Crippen LogP contribution is 2.41. The molecule has 3 heteroatoms. The first-order chi connectivity index (χ1) is 9.73. The van der Waals surface area contributed by atoms with Gasteiger partial charge in [-0.1, -0.05) is 38.0 Å². The molecule has 1 unspecified atom stereocenters. The topological polar surface area (TPSA) is 50.9 Å². The van der Waals surface area contributed by atoms with Crippen LogP contribution in [-0.2, 0) is 6.42 Å². The Morgan fingerprint density at radius 2 is 2.00 bits per heavy atom. The molecule has 1 atom stereocenters. The predicted molar refractivity (Wildman–Crippen MR) is 83.1 cm³/mol. The van der Waals surface area contributed by atoms with Crippen LogP contribution in [0.4, 0.5) is 0 Å². The maximum Gasteiger partial charge on any atom is 0.0704 e. The number of nitrogens with zero attached hydrogens (tertiary/aromatic N) is 1. The molecule has 0 amide bonds. The van der Waals surface area contributed by atoms with E-state index in [9.17, 15) is 0 Å². The number of rotatable bonds is 4. The third-order valence-electron chi connectivity index (χ3n) is 4.95. The first-order valence-electron chi connectivity index (χ1n) is 7.52. The van der Waals surface area contributed by atoms with Gasteiger partial charge in [-0.2, -0.15) is 0 Å². The summed E-state index contributed by atoms with van der Waals surface area (Å²) in [6.07, 6.45) is 8.06. The standard InChI is InChI=1S/C17H23N3/c1-17(9-4-5-10-17)16(20-18)12-13-8-11-19-15-7-3-2-6-14(13)15/h2-3,6-8,11,16,20H,4-5,9-10,12,18H2,1H3. The Morgan fingerprint density at radius 3 is 2.75 bits per heavy atom. The molecule has 1 saturated carbocycles. The summed E-state index contributed by atoms with van der Waals surface area (Å²) >= 11 is 0. The molecule has 0 spiro atoms. The minimum absolute atomic E-state index is 0.319. The Hall–Kier alpha value is -1.45. The molecule has 1 aliphatic carbocycles. The molecule has 0 radical (unpaired) electrons. The van der Waals surface area contributed by atoms with Crippen molar-refractivity contribution < 1.29 is 0 Å². The molecule has 3 rings (SSSR count). The van der Waals surface area contributed by atoms with E-state index in [1.165, 1.54) is 36.6 Å². The SMILES string of the molecule is CC1(C(Cc2ccnc3ccccc23)NN)CCCC1. The minimum atomic E-state index is 0.319. The lowest BCUT2D eigenvalue weighted by Gasteiger charge is -2.34. The second-order valence-electron chi connectivity index (χ2n) is 6.27. The highest BCUT2D eigenvalue weighted by atomic mass is 15.2. The van der Waals surface area contributed by atoms with E-state index in [1.807, 2.05) is 12.3 Å². The molecule has 1 aliphatic rings. The molecule has 0 saturated heterocycles. The van der Waals surface area contributed by atoms with Gasteiger partial charge in [0, 0.05) is 17.6 Å². The molecule has 1 heterocycles. The zero-order valence-corrected chi connectivity index (χ0v) is 12.1. The van der Waals surface area contributed by atoms with Gasteiger partial charge in [0.05, 0.1) is 5.52 Å². The number of nitrogens with one attached hydrogen (secondary N) is 1. The van der Waals surface area contributed by atoms with Gasteiger partial charge in [-0.15, -0.1) is 0 Å². The molecule has 106 valence electrons. The molecule has 1 aromatic carbocycles. The van der Waals surface area contributed by atoms with Crippen LogP contribution in [0.15, 0.2) is 36.5 Å². The van der Waals surface area contributed by atoms with E-state index in [0.29, 0.717) is 11.5 Å². The van der Waals surface area contributed by atoms with Gasteiger partial charge in [-0.25, -0.2) is 0 Å². The number of aromatic nitrogens is 1. The lowest BCUT2D eigenvalue weighted by molar-refractivity contribution is 0.221. The Balaban J connectivity index is 1.91. The number of hydrogen-bond acceptors (Lipinski definition) is 3. The van der Waals surface area contributed by atoms with Crippen LogP contribution in [0, 0.1) is 5.41 Å². The smallest absolute Gasteiger partial charge is 0.0704 e. The van der Waals surface area contributed by atoms with E-state index in [-0.39, 0.29) is 0 Å². The highest BCUT2D eigenvalue weighted by Gasteiger charge is 2.36. The third-order valence-corrected chi connectivity index (χ3v) is 4.95. The Labute approximate surface area is 120 Å². The maximum atomic E-state index is 5.86. The molecule has 2 aromatic rings. The van der Waals surface area contributed by atoms with Crippen LogP contribution in [0.2, 0.25) is 0 Å². The number of nitrogens with two attached hydrogens (primary N) is 1. The summed E-state index contributed by atoms with van der Waals surface area (Å²) < 4.78 is 0. The average molecular weight is 269 g/mol. The normalized spacial score (nSPS) is 19.3. The van der Waals surface area contributed by atoms with Gasteiger partial charge in [0.1, 0.15) is 0 Å². The van der Waals surface area contributed by atoms with Crippen LogP contribution in [-0.4, -0.2) is 11.0 Å². The second kappa shape index (κ2) is 5.51. The first kappa shape index (κ1) is 13.5. The average Bonchev–Trinajstić information content (AvgIpc) is 2.92. The van der Waals surface area contributed by atoms with Crippen molar-refractivity contribution in [3.8, 4) is 0 Å². The molecule has 1 aromatic heterocycles. The van der Waals surface area contributed by atoms with Crippen molar-refractivity contribution in [1.82, 2.24) is 10.4 Å². The van der Waals surface area contributed by atoms with E-state index in [2.05, 4.69) is 41.6 Å². The number of benzene rings is 1. The number of hydrazine groups is 1. The van der Waals surface area contributed by atoms with E-state index < -0.39 is 0 Å². The fourth-order valence-corrected chi connectivity index (χ4v) is 3.59. The van der Waals surface area contributed by atoms with Crippen LogP contribution in [0.3, 0.4) is 0 Å². The largest absolute Gasteiger partial charge is 0.271 e. The van der Waals surface area contributed by atoms with Crippen molar-refractivity contribution in [2.45, 2.75) is 45.1 Å². The molecular weight excluding hydrogens is 246 g/mol. The van der Waals surface area contributed by atoms with Crippen molar-refractivity contribution in [3.05, 3.63) is 42.1 Å². The molecule has 0 bridgehead atoms. The van der Waals surface area contributed by atoms with Gasteiger partial charge in [0.25, 0.3) is 0 Å². The summed E-state index contributed by atoms with van der Waals surface area (Å²) in [5.74, 6) is 5.86. The molecule has 3 N–H and O–H groups in total. The number of para-hydroxylation sites is 1. The van der Waals surface area contributed by atoms with Gasteiger partial charge in [-0.3, -0.25) is 16.3 Å². The van der Waals surface area contributed by atoms with Crippen molar-refractivity contribution >= 4 is 10.9 Å². The molecule has 20 heavy (non-hydrogen) atoms. The molecule has 1 fully saturated rings. The molecule has 3 nitrogen and oxygen atoms in total. The third kappa shape index (κ3) is 2.43. The van der Waals surface area contributed by atoms with Gasteiger partial charge < -0.3 is 0 Å². The van der Waals surface area contributed by atoms with Crippen LogP contribution in [0.25, 0.3) is 10.9 Å². The summed E-state index contributed by atoms with van der Waals surface area (Å²) in [5.41, 5.74) is 5.80. The zero-order chi connectivity index (χ0) is 14.0. The maximum absolute atomic E-state index is 5.86. The van der Waals surface area contributed by atoms with Crippen molar-refractivity contribution in [2.24, 2.45) is 11.3 Å². The number of fused-ring (bicyclic) bond motifs is 1. The van der Waals surface area contributed by atoms with E-state index in [4.69, 9.17) is 5.84 Å². The van der Waals surface area contributed by atoms with Gasteiger partial charge in [0.15, 0.2) is 0 Å². The Bertz CT molecular complexity index is 582. The van der Waals surface area contributed by atoms with E-state index in [0.717, 1.165) is 11.9 Å².